The van der Waals surface area contributed by atoms with Crippen LogP contribution in [0.3, 0.4) is 0 Å². The molecule has 0 fully saturated rings. The van der Waals surface area contributed by atoms with Crippen molar-refractivity contribution >= 4 is 28.8 Å². The van der Waals surface area contributed by atoms with Crippen LogP contribution in [0.2, 0.25) is 0 Å². The number of benzene rings is 1. The summed E-state index contributed by atoms with van der Waals surface area (Å²) in [4.78, 5) is 29.2. The largest absolute Gasteiger partial charge is 0.444 e. The van der Waals surface area contributed by atoms with E-state index in [2.05, 4.69) is 15.6 Å². The number of nitrogens with zero attached hydrogens (tertiary/aromatic N) is 1. The topological polar surface area (TPSA) is 93.5 Å². The van der Waals surface area contributed by atoms with E-state index < -0.39 is 17.7 Å². The zero-order valence-corrected chi connectivity index (χ0v) is 16.2. The lowest BCUT2D eigenvalue weighted by Crippen LogP contribution is -2.49. The zero-order chi connectivity index (χ0) is 19.5. The molecule has 2 rings (SSSR count). The Balaban J connectivity index is 2.19. The van der Waals surface area contributed by atoms with E-state index in [1.807, 2.05) is 19.9 Å². The molecule has 0 saturated carbocycles. The van der Waals surface area contributed by atoms with Crippen molar-refractivity contribution in [3.8, 4) is 0 Å². The molecule has 1 heterocycles. The van der Waals surface area contributed by atoms with E-state index in [1.54, 1.807) is 39.8 Å². The van der Waals surface area contributed by atoms with Gasteiger partial charge in [-0.2, -0.15) is 0 Å². The summed E-state index contributed by atoms with van der Waals surface area (Å²) in [5.41, 5.74) is 1.06. The number of hydrogen-bond acceptors (Lipinski definition) is 5. The predicted molar refractivity (Wildman–Crippen MR) is 100.0 cm³/mol. The predicted octanol–water partition coefficient (Wildman–Crippen LogP) is 4.01. The Morgan fingerprint density at radius 2 is 2.00 bits per heavy atom. The summed E-state index contributed by atoms with van der Waals surface area (Å²) >= 11 is 0. The first kappa shape index (κ1) is 19.8. The van der Waals surface area contributed by atoms with Crippen LogP contribution in [-0.2, 0) is 9.53 Å². The average Bonchev–Trinajstić information content (AvgIpc) is 2.91. The van der Waals surface area contributed by atoms with Crippen LogP contribution in [0.1, 0.15) is 46.9 Å². The van der Waals surface area contributed by atoms with E-state index in [4.69, 9.17) is 9.15 Å². The number of anilines is 1. The second kappa shape index (κ2) is 7.76. The van der Waals surface area contributed by atoms with Gasteiger partial charge in [-0.1, -0.05) is 26.3 Å². The van der Waals surface area contributed by atoms with Gasteiger partial charge in [0.25, 0.3) is 0 Å². The van der Waals surface area contributed by atoms with Crippen molar-refractivity contribution in [2.24, 2.45) is 5.92 Å². The Morgan fingerprint density at radius 3 is 2.62 bits per heavy atom. The van der Waals surface area contributed by atoms with Crippen molar-refractivity contribution in [1.29, 1.82) is 0 Å². The van der Waals surface area contributed by atoms with Gasteiger partial charge in [-0.05, 0) is 38.8 Å². The molecule has 1 aromatic carbocycles. The second-order valence-electron chi connectivity index (χ2n) is 7.39. The highest BCUT2D eigenvalue weighted by molar-refractivity contribution is 6.02. The molecule has 0 bridgehead atoms. The molecule has 2 aromatic rings. The zero-order valence-electron chi connectivity index (χ0n) is 16.2. The van der Waals surface area contributed by atoms with Crippen molar-refractivity contribution in [2.45, 2.75) is 59.6 Å². The molecule has 0 aliphatic carbocycles. The molecule has 2 N–H and O–H groups in total. The number of amides is 2. The van der Waals surface area contributed by atoms with Crippen LogP contribution in [0.4, 0.5) is 10.5 Å². The molecule has 0 aliphatic rings. The van der Waals surface area contributed by atoms with Crippen LogP contribution >= 0.6 is 0 Å². The maximum Gasteiger partial charge on any atom is 0.408 e. The summed E-state index contributed by atoms with van der Waals surface area (Å²) in [5.74, 6) is 0.122. The number of alkyl carbamates (subject to hydrolysis) is 1. The summed E-state index contributed by atoms with van der Waals surface area (Å²) in [7, 11) is 0. The van der Waals surface area contributed by atoms with Gasteiger partial charge in [0.2, 0.25) is 5.91 Å². The molecule has 0 spiro atoms. The van der Waals surface area contributed by atoms with Crippen LogP contribution < -0.4 is 10.6 Å². The molecule has 0 aliphatic heterocycles. The van der Waals surface area contributed by atoms with Gasteiger partial charge in [0.05, 0.1) is 5.69 Å². The van der Waals surface area contributed by atoms with E-state index in [-0.39, 0.29) is 11.8 Å². The number of fused-ring (bicyclic) bond motifs is 1. The number of para-hydroxylation sites is 1. The minimum Gasteiger partial charge on any atom is -0.444 e. The third-order valence-corrected chi connectivity index (χ3v) is 3.95. The van der Waals surface area contributed by atoms with Gasteiger partial charge in [0, 0.05) is 6.92 Å². The molecule has 2 atom stereocenters. The highest BCUT2D eigenvalue weighted by Gasteiger charge is 2.29. The molecule has 0 saturated heterocycles. The van der Waals surface area contributed by atoms with Gasteiger partial charge in [0.1, 0.15) is 17.2 Å². The van der Waals surface area contributed by atoms with Crippen molar-refractivity contribution in [1.82, 2.24) is 10.3 Å². The lowest BCUT2D eigenvalue weighted by atomic mass is 9.98. The van der Waals surface area contributed by atoms with Gasteiger partial charge in [-0.15, -0.1) is 0 Å². The van der Waals surface area contributed by atoms with Gasteiger partial charge in [0.15, 0.2) is 11.5 Å². The normalized spacial score (nSPS) is 13.9. The third kappa shape index (κ3) is 4.97. The number of carbonyl (C=O) groups excluding carboxylic acids is 2. The highest BCUT2D eigenvalue weighted by Crippen LogP contribution is 2.24. The SMILES string of the molecule is CCC(C)C(NC(=O)OC(C)(C)C)C(=O)Nc1cccc2nc(C)oc12. The van der Waals surface area contributed by atoms with Crippen LogP contribution in [-0.4, -0.2) is 28.6 Å². The summed E-state index contributed by atoms with van der Waals surface area (Å²) in [6, 6.07) is 4.62. The molecular weight excluding hydrogens is 334 g/mol. The fraction of sp³-hybridized carbons (Fsp3) is 0.526. The van der Waals surface area contributed by atoms with E-state index in [9.17, 15) is 9.59 Å². The molecule has 26 heavy (non-hydrogen) atoms. The summed E-state index contributed by atoms with van der Waals surface area (Å²) < 4.78 is 10.9. The standard InChI is InChI=1S/C19H27N3O4/c1-7-11(2)15(22-18(24)26-19(4,5)6)17(23)21-14-10-8-9-13-16(14)25-12(3)20-13/h8-11,15H,7H2,1-6H3,(H,21,23)(H,22,24). The molecule has 0 radical (unpaired) electrons. The van der Waals surface area contributed by atoms with E-state index in [0.717, 1.165) is 6.42 Å². The van der Waals surface area contributed by atoms with E-state index >= 15 is 0 Å². The van der Waals surface area contributed by atoms with Crippen molar-refractivity contribution < 1.29 is 18.7 Å². The lowest BCUT2D eigenvalue weighted by Gasteiger charge is -2.26. The summed E-state index contributed by atoms with van der Waals surface area (Å²) in [6.45, 7) is 10.9. The second-order valence-corrected chi connectivity index (χ2v) is 7.39. The molecule has 7 heteroatoms. The number of aryl methyl sites for hydroxylation is 1. The first-order valence-electron chi connectivity index (χ1n) is 8.77. The van der Waals surface area contributed by atoms with Crippen LogP contribution in [0, 0.1) is 12.8 Å². The Morgan fingerprint density at radius 1 is 1.31 bits per heavy atom. The minimum absolute atomic E-state index is 0.0711. The Hall–Kier alpha value is -2.57. The fourth-order valence-electron chi connectivity index (χ4n) is 2.51. The first-order valence-corrected chi connectivity index (χ1v) is 8.77. The van der Waals surface area contributed by atoms with Gasteiger partial charge >= 0.3 is 6.09 Å². The smallest absolute Gasteiger partial charge is 0.408 e. The minimum atomic E-state index is -0.728. The average molecular weight is 361 g/mol. The van der Waals surface area contributed by atoms with Crippen LogP contribution in [0.15, 0.2) is 22.6 Å². The van der Waals surface area contributed by atoms with E-state index in [0.29, 0.717) is 22.7 Å². The number of aromatic nitrogens is 1. The number of rotatable bonds is 5. The first-order chi connectivity index (χ1) is 12.1. The van der Waals surface area contributed by atoms with Gasteiger partial charge < -0.3 is 19.8 Å². The monoisotopic (exact) mass is 361 g/mol. The fourth-order valence-corrected chi connectivity index (χ4v) is 2.51. The van der Waals surface area contributed by atoms with Gasteiger partial charge in [-0.25, -0.2) is 9.78 Å². The molecule has 2 unspecified atom stereocenters. The van der Waals surface area contributed by atoms with Crippen molar-refractivity contribution in [2.75, 3.05) is 5.32 Å². The van der Waals surface area contributed by atoms with Crippen LogP contribution in [0.25, 0.3) is 11.1 Å². The van der Waals surface area contributed by atoms with Crippen molar-refractivity contribution in [3.05, 3.63) is 24.1 Å². The number of hydrogen-bond donors (Lipinski definition) is 2. The maximum atomic E-state index is 12.8. The molecule has 142 valence electrons. The number of ether oxygens (including phenoxy) is 1. The van der Waals surface area contributed by atoms with Gasteiger partial charge in [-0.3, -0.25) is 4.79 Å². The molecule has 2 amide bonds. The summed E-state index contributed by atoms with van der Waals surface area (Å²) in [5, 5.41) is 5.52. The van der Waals surface area contributed by atoms with E-state index in [1.165, 1.54) is 0 Å². The number of oxazole rings is 1. The maximum absolute atomic E-state index is 12.8. The van der Waals surface area contributed by atoms with Crippen LogP contribution in [0.5, 0.6) is 0 Å². The molecular formula is C19H27N3O4. The summed E-state index contributed by atoms with van der Waals surface area (Å²) in [6.07, 6.45) is 0.103. The quantitative estimate of drug-likeness (QED) is 0.839. The molecule has 1 aromatic heterocycles. The number of nitrogens with one attached hydrogen (secondary N) is 2. The number of carbonyl (C=O) groups is 2. The molecule has 7 nitrogen and oxygen atoms in total. The third-order valence-electron chi connectivity index (χ3n) is 3.95. The highest BCUT2D eigenvalue weighted by atomic mass is 16.6. The lowest BCUT2D eigenvalue weighted by molar-refractivity contribution is -0.119. The Labute approximate surface area is 153 Å². The Bertz CT molecular complexity index is 792. The van der Waals surface area contributed by atoms with Crippen molar-refractivity contribution in [3.63, 3.8) is 0 Å². The Kier molecular flexibility index (Phi) is 5.90.